The van der Waals surface area contributed by atoms with Crippen LogP contribution in [0, 0.1) is 10.8 Å². The van der Waals surface area contributed by atoms with Crippen molar-refractivity contribution in [2.45, 2.75) is 25.7 Å². The minimum atomic E-state index is -0.405. The van der Waals surface area contributed by atoms with E-state index in [4.69, 9.17) is 9.47 Å². The van der Waals surface area contributed by atoms with Gasteiger partial charge in [0.2, 0.25) is 0 Å². The molecule has 2 bridgehead atoms. The van der Waals surface area contributed by atoms with Crippen LogP contribution < -0.4 is 0 Å². The third-order valence-corrected chi connectivity index (χ3v) is 4.39. The van der Waals surface area contributed by atoms with Gasteiger partial charge in [0, 0.05) is 7.11 Å². The quantitative estimate of drug-likeness (QED) is 0.402. The predicted octanol–water partition coefficient (Wildman–Crippen LogP) is 3.03. The second-order valence-electron chi connectivity index (χ2n) is 5.66. The molecule has 3 nitrogen and oxygen atoms in total. The normalized spacial score (nSPS) is 32.9. The zero-order chi connectivity index (χ0) is 13.9. The van der Waals surface area contributed by atoms with Gasteiger partial charge in [-0.25, -0.2) is 0 Å². The molecule has 2 rings (SSSR count). The smallest absolute Gasteiger partial charge is 0.165 e. The first-order valence-electron chi connectivity index (χ1n) is 6.68. The summed E-state index contributed by atoms with van der Waals surface area (Å²) in [6.07, 6.45) is 8.94. The van der Waals surface area contributed by atoms with E-state index in [0.717, 1.165) is 24.8 Å². The summed E-state index contributed by atoms with van der Waals surface area (Å²) in [6, 6.07) is 0. The van der Waals surface area contributed by atoms with Crippen LogP contribution in [0.5, 0.6) is 0 Å². The molecule has 0 amide bonds. The number of hydrogen-bond acceptors (Lipinski definition) is 3. The number of hydrogen-bond donors (Lipinski definition) is 0. The molecule has 1 saturated carbocycles. The van der Waals surface area contributed by atoms with Crippen molar-refractivity contribution >= 4 is 5.78 Å². The second kappa shape index (κ2) is 5.43. The molecule has 0 unspecified atom stereocenters. The van der Waals surface area contributed by atoms with Gasteiger partial charge in [-0.3, -0.25) is 4.79 Å². The average molecular weight is 262 g/mol. The fourth-order valence-electron chi connectivity index (χ4n) is 3.42. The van der Waals surface area contributed by atoms with Crippen molar-refractivity contribution in [2.24, 2.45) is 10.8 Å². The maximum Gasteiger partial charge on any atom is 0.165 e. The third kappa shape index (κ3) is 2.45. The summed E-state index contributed by atoms with van der Waals surface area (Å²) in [5.41, 5.74) is 0.675. The Morgan fingerprint density at radius 1 is 1.53 bits per heavy atom. The number of allylic oxidation sites excluding steroid dienone is 4. The zero-order valence-corrected chi connectivity index (χ0v) is 11.6. The van der Waals surface area contributed by atoms with Crippen LogP contribution in [0.4, 0.5) is 0 Å². The largest absolute Gasteiger partial charge is 0.359 e. The summed E-state index contributed by atoms with van der Waals surface area (Å²) in [6.45, 7) is 8.90. The van der Waals surface area contributed by atoms with Gasteiger partial charge in [-0.15, -0.1) is 6.58 Å². The van der Waals surface area contributed by atoms with Gasteiger partial charge in [0.15, 0.2) is 5.78 Å². The molecule has 0 N–H and O–H groups in total. The van der Waals surface area contributed by atoms with Gasteiger partial charge < -0.3 is 9.47 Å². The van der Waals surface area contributed by atoms with Crippen LogP contribution in [0.15, 0.2) is 37.0 Å². The molecule has 0 saturated heterocycles. The van der Waals surface area contributed by atoms with Crippen molar-refractivity contribution in [2.75, 3.05) is 20.5 Å². The van der Waals surface area contributed by atoms with Crippen LogP contribution >= 0.6 is 0 Å². The SMILES string of the molecule is C=CC[C@]12C[C@](CCOCOC)(C=CC1=O)CC2=C. The van der Waals surface area contributed by atoms with Gasteiger partial charge in [-0.2, -0.15) is 0 Å². The summed E-state index contributed by atoms with van der Waals surface area (Å²) < 4.78 is 10.3. The lowest BCUT2D eigenvalue weighted by molar-refractivity contribution is -0.122. The Morgan fingerprint density at radius 2 is 2.32 bits per heavy atom. The number of carbonyl (C=O) groups excluding carboxylic acids is 1. The minimum absolute atomic E-state index is 0.0295. The highest BCUT2D eigenvalue weighted by Gasteiger charge is 2.54. The molecule has 0 aromatic rings. The fraction of sp³-hybridized carbons (Fsp3) is 0.562. The minimum Gasteiger partial charge on any atom is -0.359 e. The van der Waals surface area contributed by atoms with E-state index in [9.17, 15) is 4.79 Å². The summed E-state index contributed by atoms with van der Waals surface area (Å²) in [4.78, 5) is 12.2. The van der Waals surface area contributed by atoms with Crippen LogP contribution in [0.2, 0.25) is 0 Å². The van der Waals surface area contributed by atoms with Crippen LogP contribution in [-0.4, -0.2) is 26.3 Å². The van der Waals surface area contributed by atoms with Crippen LogP contribution in [-0.2, 0) is 14.3 Å². The lowest BCUT2D eigenvalue weighted by Gasteiger charge is -2.33. The summed E-state index contributed by atoms with van der Waals surface area (Å²) in [7, 11) is 1.62. The second-order valence-corrected chi connectivity index (χ2v) is 5.66. The molecular formula is C16H22O3. The average Bonchev–Trinajstić information content (AvgIpc) is 2.62. The number of ketones is 1. The summed E-state index contributed by atoms with van der Waals surface area (Å²) >= 11 is 0. The van der Waals surface area contributed by atoms with Crippen LogP contribution in [0.25, 0.3) is 0 Å². The van der Waals surface area contributed by atoms with E-state index in [2.05, 4.69) is 19.2 Å². The molecule has 19 heavy (non-hydrogen) atoms. The predicted molar refractivity (Wildman–Crippen MR) is 74.6 cm³/mol. The van der Waals surface area contributed by atoms with Gasteiger partial charge in [0.25, 0.3) is 0 Å². The topological polar surface area (TPSA) is 35.5 Å². The molecular weight excluding hydrogens is 240 g/mol. The Kier molecular flexibility index (Phi) is 4.07. The standard InChI is InChI=1S/C16H22O3/c1-4-6-16-11-15(10-13(16)2,7-5-14(16)17)8-9-19-12-18-3/h4-5,7H,1-2,6,8-12H2,3H3/t15-,16+/m0/s1. The highest BCUT2D eigenvalue weighted by Crippen LogP contribution is 2.59. The molecule has 0 aromatic heterocycles. The van der Waals surface area contributed by atoms with E-state index in [1.165, 1.54) is 0 Å². The molecule has 0 spiro atoms. The molecule has 2 atom stereocenters. The van der Waals surface area contributed by atoms with Crippen molar-refractivity contribution in [1.29, 1.82) is 0 Å². The van der Waals surface area contributed by atoms with Crippen molar-refractivity contribution < 1.29 is 14.3 Å². The van der Waals surface area contributed by atoms with E-state index in [1.54, 1.807) is 13.2 Å². The number of fused-ring (bicyclic) bond motifs is 2. The molecule has 3 heteroatoms. The molecule has 1 fully saturated rings. The Bertz CT molecular complexity index is 424. The van der Waals surface area contributed by atoms with E-state index in [-0.39, 0.29) is 11.2 Å². The monoisotopic (exact) mass is 262 g/mol. The van der Waals surface area contributed by atoms with Gasteiger partial charge in [-0.05, 0) is 37.2 Å². The fourth-order valence-corrected chi connectivity index (χ4v) is 3.42. The number of ether oxygens (including phenoxy) is 2. The summed E-state index contributed by atoms with van der Waals surface area (Å²) in [5, 5.41) is 0. The molecule has 104 valence electrons. The lowest BCUT2D eigenvalue weighted by atomic mass is 9.69. The molecule has 0 radical (unpaired) electrons. The van der Waals surface area contributed by atoms with Gasteiger partial charge in [-0.1, -0.05) is 24.3 Å². The van der Waals surface area contributed by atoms with Gasteiger partial charge >= 0.3 is 0 Å². The lowest BCUT2D eigenvalue weighted by Crippen LogP contribution is -2.33. The van der Waals surface area contributed by atoms with Crippen LogP contribution in [0.1, 0.15) is 25.7 Å². The van der Waals surface area contributed by atoms with Crippen molar-refractivity contribution in [3.8, 4) is 0 Å². The Balaban J connectivity index is 2.12. The highest BCUT2D eigenvalue weighted by molar-refractivity contribution is 5.99. The number of rotatable bonds is 7. The van der Waals surface area contributed by atoms with E-state index in [0.29, 0.717) is 19.8 Å². The third-order valence-electron chi connectivity index (χ3n) is 4.39. The van der Waals surface area contributed by atoms with Crippen molar-refractivity contribution in [3.05, 3.63) is 37.0 Å². The highest BCUT2D eigenvalue weighted by atomic mass is 16.7. The zero-order valence-electron chi connectivity index (χ0n) is 11.6. The first-order chi connectivity index (χ1) is 9.08. The summed E-state index contributed by atoms with van der Waals surface area (Å²) in [5.74, 6) is 0.184. The van der Waals surface area contributed by atoms with Crippen molar-refractivity contribution in [1.82, 2.24) is 0 Å². The Labute approximate surface area is 115 Å². The van der Waals surface area contributed by atoms with Gasteiger partial charge in [0.1, 0.15) is 6.79 Å². The maximum absolute atomic E-state index is 12.2. The first kappa shape index (κ1) is 14.2. The van der Waals surface area contributed by atoms with E-state index < -0.39 is 5.41 Å². The van der Waals surface area contributed by atoms with E-state index >= 15 is 0 Å². The molecule has 2 aliphatic carbocycles. The number of carbonyl (C=O) groups is 1. The van der Waals surface area contributed by atoms with Crippen LogP contribution in [0.3, 0.4) is 0 Å². The van der Waals surface area contributed by atoms with Gasteiger partial charge in [0.05, 0.1) is 12.0 Å². The first-order valence-corrected chi connectivity index (χ1v) is 6.68. The molecule has 0 aromatic carbocycles. The molecule has 0 heterocycles. The number of methoxy groups -OCH3 is 1. The Hall–Kier alpha value is -1.19. The van der Waals surface area contributed by atoms with E-state index in [1.807, 2.05) is 6.08 Å². The Morgan fingerprint density at radius 3 is 3.00 bits per heavy atom. The molecule has 2 aliphatic rings. The maximum atomic E-state index is 12.2. The molecule has 0 aliphatic heterocycles. The van der Waals surface area contributed by atoms with Crippen molar-refractivity contribution in [3.63, 3.8) is 0 Å².